The first-order chi connectivity index (χ1) is 16.9. The summed E-state index contributed by atoms with van der Waals surface area (Å²) in [6.07, 6.45) is 1.35. The monoisotopic (exact) mass is 497 g/mol. The van der Waals surface area contributed by atoms with Crippen LogP contribution in [0.5, 0.6) is 17.2 Å². The molecule has 0 fully saturated rings. The average Bonchev–Trinajstić information content (AvgIpc) is 2.84. The van der Waals surface area contributed by atoms with Crippen LogP contribution in [-0.2, 0) is 4.79 Å². The van der Waals surface area contributed by atoms with E-state index < -0.39 is 23.4 Å². The summed E-state index contributed by atoms with van der Waals surface area (Å²) in [5.74, 6) is -0.794. The molecule has 0 saturated heterocycles. The number of carbonyl (C=O) groups excluding carboxylic acids is 2. The zero-order valence-electron chi connectivity index (χ0n) is 18.5. The van der Waals surface area contributed by atoms with Gasteiger partial charge >= 0.3 is 11.7 Å². The van der Waals surface area contributed by atoms with E-state index in [0.717, 1.165) is 0 Å². The summed E-state index contributed by atoms with van der Waals surface area (Å²) in [7, 11) is 0. The van der Waals surface area contributed by atoms with Gasteiger partial charge in [-0.05, 0) is 48.9 Å². The van der Waals surface area contributed by atoms with E-state index in [-0.39, 0.29) is 27.8 Å². The van der Waals surface area contributed by atoms with Crippen LogP contribution in [0.2, 0.25) is 5.02 Å². The van der Waals surface area contributed by atoms with Gasteiger partial charge in [-0.1, -0.05) is 35.9 Å². The highest BCUT2D eigenvalue weighted by molar-refractivity contribution is 6.33. The molecule has 0 heterocycles. The van der Waals surface area contributed by atoms with Crippen molar-refractivity contribution >= 4 is 35.4 Å². The van der Waals surface area contributed by atoms with Crippen LogP contribution in [0.25, 0.3) is 0 Å². The lowest BCUT2D eigenvalue weighted by atomic mass is 10.2. The second-order valence-corrected chi connectivity index (χ2v) is 7.22. The number of esters is 1. The number of nitro groups is 1. The minimum absolute atomic E-state index is 0.0279. The van der Waals surface area contributed by atoms with Crippen LogP contribution >= 0.6 is 11.6 Å². The van der Waals surface area contributed by atoms with Crippen molar-refractivity contribution in [3.63, 3.8) is 0 Å². The molecule has 3 aromatic rings. The lowest BCUT2D eigenvalue weighted by Gasteiger charge is -2.12. The number of nitrogens with one attached hydrogen (secondary N) is 1. The molecule has 180 valence electrons. The van der Waals surface area contributed by atoms with Gasteiger partial charge in [-0.25, -0.2) is 10.2 Å². The largest absolute Gasteiger partial charge is 0.490 e. The van der Waals surface area contributed by atoms with Crippen molar-refractivity contribution in [2.75, 3.05) is 13.2 Å². The van der Waals surface area contributed by atoms with Crippen molar-refractivity contribution in [2.24, 2.45) is 5.10 Å². The van der Waals surface area contributed by atoms with E-state index in [0.29, 0.717) is 17.9 Å². The molecule has 0 aliphatic carbocycles. The van der Waals surface area contributed by atoms with Crippen molar-refractivity contribution in [1.82, 2.24) is 5.43 Å². The molecule has 10 nitrogen and oxygen atoms in total. The van der Waals surface area contributed by atoms with Gasteiger partial charge in [0.05, 0.1) is 28.3 Å². The molecule has 0 bridgehead atoms. The van der Waals surface area contributed by atoms with Gasteiger partial charge in [0.25, 0.3) is 5.91 Å². The molecule has 0 aliphatic rings. The van der Waals surface area contributed by atoms with Gasteiger partial charge in [-0.15, -0.1) is 0 Å². The van der Waals surface area contributed by atoms with Gasteiger partial charge < -0.3 is 14.2 Å². The normalized spacial score (nSPS) is 10.6. The Bertz CT molecular complexity index is 1260. The summed E-state index contributed by atoms with van der Waals surface area (Å²) in [5.41, 5.74) is 2.79. The molecule has 0 unspecified atom stereocenters. The number of hydrogen-bond acceptors (Lipinski definition) is 8. The Hall–Kier alpha value is -4.44. The first-order valence-corrected chi connectivity index (χ1v) is 10.7. The third-order valence-corrected chi connectivity index (χ3v) is 4.72. The Kier molecular flexibility index (Phi) is 8.74. The lowest BCUT2D eigenvalue weighted by Crippen LogP contribution is -2.24. The molecule has 1 N–H and O–H groups in total. The average molecular weight is 498 g/mol. The smallest absolute Gasteiger partial charge is 0.345 e. The number of rotatable bonds is 10. The van der Waals surface area contributed by atoms with Gasteiger partial charge in [0.2, 0.25) is 0 Å². The third kappa shape index (κ3) is 7.02. The molecule has 0 saturated carbocycles. The van der Waals surface area contributed by atoms with Gasteiger partial charge in [-0.3, -0.25) is 14.9 Å². The number of ether oxygens (including phenoxy) is 3. The molecule has 0 aliphatic heterocycles. The van der Waals surface area contributed by atoms with E-state index in [1.165, 1.54) is 30.5 Å². The van der Waals surface area contributed by atoms with Gasteiger partial charge in [0.1, 0.15) is 0 Å². The zero-order chi connectivity index (χ0) is 25.2. The second kappa shape index (κ2) is 12.1. The van der Waals surface area contributed by atoms with Gasteiger partial charge in [0.15, 0.2) is 23.9 Å². The highest BCUT2D eigenvalue weighted by Crippen LogP contribution is 2.30. The van der Waals surface area contributed by atoms with E-state index in [2.05, 4.69) is 10.5 Å². The van der Waals surface area contributed by atoms with E-state index in [1.807, 2.05) is 0 Å². The van der Waals surface area contributed by atoms with Crippen LogP contribution < -0.4 is 19.6 Å². The number of hydrogen-bond donors (Lipinski definition) is 1. The number of halogens is 1. The first-order valence-electron chi connectivity index (χ1n) is 10.3. The number of amides is 1. The van der Waals surface area contributed by atoms with Crippen LogP contribution in [-0.4, -0.2) is 36.2 Å². The molecule has 0 aromatic heterocycles. The first kappa shape index (κ1) is 25.2. The Balaban J connectivity index is 1.62. The van der Waals surface area contributed by atoms with E-state index in [4.69, 9.17) is 25.8 Å². The molecular formula is C24H20ClN3O7. The number of para-hydroxylation sites is 2. The van der Waals surface area contributed by atoms with Crippen LogP contribution in [0, 0.1) is 10.1 Å². The summed E-state index contributed by atoms with van der Waals surface area (Å²) in [5, 5.41) is 15.1. The summed E-state index contributed by atoms with van der Waals surface area (Å²) in [6.45, 7) is 1.62. The topological polar surface area (TPSA) is 129 Å². The molecule has 1 amide bonds. The molecule has 3 aromatic carbocycles. The number of nitro benzene ring substituents is 1. The predicted molar refractivity (Wildman–Crippen MR) is 128 cm³/mol. The fourth-order valence-electron chi connectivity index (χ4n) is 2.82. The lowest BCUT2D eigenvalue weighted by molar-refractivity contribution is -0.385. The van der Waals surface area contributed by atoms with Crippen molar-refractivity contribution < 1.29 is 28.7 Å². The maximum absolute atomic E-state index is 12.5. The molecule has 3 rings (SSSR count). The van der Waals surface area contributed by atoms with Crippen LogP contribution in [0.3, 0.4) is 0 Å². The number of carbonyl (C=O) groups is 2. The molecule has 0 atom stereocenters. The van der Waals surface area contributed by atoms with E-state index in [9.17, 15) is 19.7 Å². The summed E-state index contributed by atoms with van der Waals surface area (Å²) < 4.78 is 16.2. The Labute approximate surface area is 205 Å². The standard InChI is InChI=1S/C24H20ClN3O7/c1-2-33-22-13-16(11-12-21(22)35-24(30)17-7-3-4-8-18(17)25)14-26-27-23(29)15-34-20-10-6-5-9-19(20)28(31)32/h3-14H,2,15H2,1H3,(H,27,29). The van der Waals surface area contributed by atoms with Crippen LogP contribution in [0.4, 0.5) is 5.69 Å². The molecule has 0 radical (unpaired) electrons. The molecular weight excluding hydrogens is 478 g/mol. The Morgan fingerprint density at radius 1 is 1.03 bits per heavy atom. The number of benzene rings is 3. The predicted octanol–water partition coefficient (Wildman–Crippen LogP) is 4.40. The second-order valence-electron chi connectivity index (χ2n) is 6.82. The van der Waals surface area contributed by atoms with E-state index >= 15 is 0 Å². The SMILES string of the molecule is CCOc1cc(C=NNC(=O)COc2ccccc2[N+](=O)[O-])ccc1OC(=O)c1ccccc1Cl. The molecule has 35 heavy (non-hydrogen) atoms. The maximum Gasteiger partial charge on any atom is 0.345 e. The maximum atomic E-state index is 12.5. The fraction of sp³-hybridized carbons (Fsp3) is 0.125. The Morgan fingerprint density at radius 2 is 1.77 bits per heavy atom. The zero-order valence-corrected chi connectivity index (χ0v) is 19.2. The number of hydrazone groups is 1. The number of nitrogens with zero attached hydrogens (tertiary/aromatic N) is 2. The third-order valence-electron chi connectivity index (χ3n) is 4.39. The minimum Gasteiger partial charge on any atom is -0.490 e. The van der Waals surface area contributed by atoms with E-state index in [1.54, 1.807) is 49.4 Å². The highest BCUT2D eigenvalue weighted by atomic mass is 35.5. The van der Waals surface area contributed by atoms with Crippen LogP contribution in [0.15, 0.2) is 71.8 Å². The van der Waals surface area contributed by atoms with Crippen molar-refractivity contribution in [1.29, 1.82) is 0 Å². The minimum atomic E-state index is -0.635. The van der Waals surface area contributed by atoms with Crippen molar-refractivity contribution in [3.05, 3.63) is 93.0 Å². The quantitative estimate of drug-likeness (QED) is 0.144. The summed E-state index contributed by atoms with van der Waals surface area (Å²) >= 11 is 6.05. The van der Waals surface area contributed by atoms with Gasteiger partial charge in [-0.2, -0.15) is 5.10 Å². The van der Waals surface area contributed by atoms with Crippen LogP contribution in [0.1, 0.15) is 22.8 Å². The Morgan fingerprint density at radius 3 is 2.51 bits per heavy atom. The highest BCUT2D eigenvalue weighted by Gasteiger charge is 2.16. The molecule has 0 spiro atoms. The fourth-order valence-corrected chi connectivity index (χ4v) is 3.04. The summed E-state index contributed by atoms with van der Waals surface area (Å²) in [6, 6.07) is 17.0. The van der Waals surface area contributed by atoms with Crippen molar-refractivity contribution in [3.8, 4) is 17.2 Å². The van der Waals surface area contributed by atoms with Gasteiger partial charge in [0, 0.05) is 6.07 Å². The molecule has 11 heteroatoms. The van der Waals surface area contributed by atoms with Crippen molar-refractivity contribution in [2.45, 2.75) is 6.92 Å². The summed E-state index contributed by atoms with van der Waals surface area (Å²) in [4.78, 5) is 34.8.